The summed E-state index contributed by atoms with van der Waals surface area (Å²) >= 11 is 0. The number of benzene rings is 1. The third kappa shape index (κ3) is 4.79. The Kier molecular flexibility index (Phi) is 6.92. The highest BCUT2D eigenvalue weighted by molar-refractivity contribution is 7.89. The van der Waals surface area contributed by atoms with Crippen molar-refractivity contribution in [1.82, 2.24) is 9.21 Å². The summed E-state index contributed by atoms with van der Waals surface area (Å²) in [5.41, 5.74) is 0.950. The summed E-state index contributed by atoms with van der Waals surface area (Å²) in [6, 6.07) is 4.80. The molecule has 3 rings (SSSR count). The molecule has 0 aliphatic carbocycles. The van der Waals surface area contributed by atoms with E-state index in [1.54, 1.807) is 30.9 Å². The van der Waals surface area contributed by atoms with Crippen LogP contribution < -0.4 is 0 Å². The predicted octanol–water partition coefficient (Wildman–Crippen LogP) is 1.43. The van der Waals surface area contributed by atoms with Crippen molar-refractivity contribution in [1.29, 1.82) is 0 Å². The van der Waals surface area contributed by atoms with Gasteiger partial charge in [0.05, 0.1) is 30.6 Å². The lowest BCUT2D eigenvalue weighted by atomic mass is 9.96. The fourth-order valence-electron chi connectivity index (χ4n) is 3.70. The predicted molar refractivity (Wildman–Crippen MR) is 106 cm³/mol. The number of carbonyl (C=O) groups excluding carboxylic acids is 2. The number of aryl methyl sites for hydroxylation is 1. The highest BCUT2D eigenvalue weighted by Gasteiger charge is 2.31. The van der Waals surface area contributed by atoms with Crippen LogP contribution in [0, 0.1) is 12.8 Å². The lowest BCUT2D eigenvalue weighted by molar-refractivity contribution is -0.149. The van der Waals surface area contributed by atoms with Crippen LogP contribution in [0.1, 0.15) is 35.7 Å². The molecule has 0 atom stereocenters. The van der Waals surface area contributed by atoms with Crippen LogP contribution in [0.25, 0.3) is 0 Å². The third-order valence-corrected chi connectivity index (χ3v) is 7.47. The first kappa shape index (κ1) is 21.7. The van der Waals surface area contributed by atoms with E-state index in [1.165, 1.54) is 10.4 Å². The van der Waals surface area contributed by atoms with Crippen LogP contribution in [0.4, 0.5) is 0 Å². The molecule has 0 radical (unpaired) electrons. The second kappa shape index (κ2) is 9.23. The summed E-state index contributed by atoms with van der Waals surface area (Å²) in [6.45, 7) is 6.09. The molecule has 0 bridgehead atoms. The van der Waals surface area contributed by atoms with Gasteiger partial charge >= 0.3 is 5.97 Å². The molecule has 2 fully saturated rings. The number of hydrogen-bond donors (Lipinski definition) is 0. The van der Waals surface area contributed by atoms with Crippen LogP contribution in [-0.4, -0.2) is 75.5 Å². The summed E-state index contributed by atoms with van der Waals surface area (Å²) in [5.74, 6) is -0.617. The van der Waals surface area contributed by atoms with Crippen LogP contribution in [0.5, 0.6) is 0 Å². The van der Waals surface area contributed by atoms with E-state index >= 15 is 0 Å². The Balaban J connectivity index is 1.74. The molecule has 2 heterocycles. The van der Waals surface area contributed by atoms with E-state index in [0.717, 1.165) is 0 Å². The second-order valence-electron chi connectivity index (χ2n) is 7.32. The minimum Gasteiger partial charge on any atom is -0.466 e. The zero-order valence-corrected chi connectivity index (χ0v) is 17.7. The van der Waals surface area contributed by atoms with Crippen molar-refractivity contribution in [3.05, 3.63) is 29.3 Å². The van der Waals surface area contributed by atoms with E-state index in [1.807, 2.05) is 0 Å². The molecule has 2 aliphatic heterocycles. The van der Waals surface area contributed by atoms with Gasteiger partial charge in [0.25, 0.3) is 5.91 Å². The topological polar surface area (TPSA) is 93.2 Å². The van der Waals surface area contributed by atoms with Gasteiger partial charge in [-0.25, -0.2) is 8.42 Å². The maximum Gasteiger partial charge on any atom is 0.309 e. The van der Waals surface area contributed by atoms with E-state index in [9.17, 15) is 18.0 Å². The minimum atomic E-state index is -3.68. The van der Waals surface area contributed by atoms with Gasteiger partial charge in [-0.3, -0.25) is 9.59 Å². The molecule has 0 unspecified atom stereocenters. The fraction of sp³-hybridized carbons (Fsp3) is 0.600. The lowest BCUT2D eigenvalue weighted by Gasteiger charge is -2.31. The lowest BCUT2D eigenvalue weighted by Crippen LogP contribution is -2.41. The average Bonchev–Trinajstić information content (AvgIpc) is 2.74. The van der Waals surface area contributed by atoms with Gasteiger partial charge in [-0.05, 0) is 44.4 Å². The Morgan fingerprint density at radius 1 is 1.14 bits per heavy atom. The summed E-state index contributed by atoms with van der Waals surface area (Å²) < 4.78 is 37.8. The molecule has 1 aromatic rings. The average molecular weight is 425 g/mol. The normalized spacial score (nSPS) is 19.2. The number of hydrogen-bond acceptors (Lipinski definition) is 6. The molecule has 160 valence electrons. The highest BCUT2D eigenvalue weighted by Crippen LogP contribution is 2.25. The summed E-state index contributed by atoms with van der Waals surface area (Å²) in [7, 11) is -3.68. The molecule has 1 amide bonds. The maximum atomic E-state index is 13.0. The Morgan fingerprint density at radius 3 is 2.41 bits per heavy atom. The number of rotatable bonds is 5. The Morgan fingerprint density at radius 2 is 1.79 bits per heavy atom. The maximum absolute atomic E-state index is 13.0. The van der Waals surface area contributed by atoms with Crippen LogP contribution >= 0.6 is 0 Å². The number of ether oxygens (including phenoxy) is 2. The molecule has 2 aliphatic rings. The molecule has 9 heteroatoms. The van der Waals surface area contributed by atoms with E-state index in [2.05, 4.69) is 0 Å². The minimum absolute atomic E-state index is 0.159. The van der Waals surface area contributed by atoms with Gasteiger partial charge in [0.15, 0.2) is 0 Å². The number of carbonyl (C=O) groups is 2. The van der Waals surface area contributed by atoms with Crippen molar-refractivity contribution in [2.45, 2.75) is 31.6 Å². The Bertz CT molecular complexity index is 856. The molecule has 0 spiro atoms. The molecule has 1 aromatic carbocycles. The molecular weight excluding hydrogens is 396 g/mol. The van der Waals surface area contributed by atoms with Gasteiger partial charge < -0.3 is 14.4 Å². The number of amides is 1. The van der Waals surface area contributed by atoms with Gasteiger partial charge in [-0.15, -0.1) is 0 Å². The van der Waals surface area contributed by atoms with Crippen LogP contribution in [0.3, 0.4) is 0 Å². The largest absolute Gasteiger partial charge is 0.466 e. The van der Waals surface area contributed by atoms with Crippen molar-refractivity contribution in [3.8, 4) is 0 Å². The molecule has 0 aromatic heterocycles. The van der Waals surface area contributed by atoms with Gasteiger partial charge in [0, 0.05) is 31.7 Å². The summed E-state index contributed by atoms with van der Waals surface area (Å²) in [4.78, 5) is 26.7. The van der Waals surface area contributed by atoms with E-state index < -0.39 is 10.0 Å². The molecule has 8 nitrogen and oxygen atoms in total. The first-order valence-corrected chi connectivity index (χ1v) is 11.4. The first-order chi connectivity index (χ1) is 13.8. The van der Waals surface area contributed by atoms with Gasteiger partial charge in [-0.2, -0.15) is 4.31 Å². The number of nitrogens with zero attached hydrogens (tertiary/aromatic N) is 2. The van der Waals surface area contributed by atoms with Crippen LogP contribution in [-0.2, 0) is 24.3 Å². The summed E-state index contributed by atoms with van der Waals surface area (Å²) in [6.07, 6.45) is 1.10. The fourth-order valence-corrected chi connectivity index (χ4v) is 5.36. The van der Waals surface area contributed by atoms with Crippen LogP contribution in [0.2, 0.25) is 0 Å². The zero-order valence-electron chi connectivity index (χ0n) is 16.9. The standard InChI is InChI=1S/C20H28N2O6S/c1-3-28-20(24)16-6-8-21(9-7-16)19(23)17-5-4-15(2)18(14-17)29(25,26)22-10-12-27-13-11-22/h4-5,14,16H,3,6-13H2,1-2H3. The quantitative estimate of drug-likeness (QED) is 0.664. The van der Waals surface area contributed by atoms with Crippen LogP contribution in [0.15, 0.2) is 23.1 Å². The third-order valence-electron chi connectivity index (χ3n) is 5.43. The summed E-state index contributed by atoms with van der Waals surface area (Å²) in [5, 5.41) is 0. The van der Waals surface area contributed by atoms with E-state index in [4.69, 9.17) is 9.47 Å². The van der Waals surface area contributed by atoms with Crippen molar-refractivity contribution in [3.63, 3.8) is 0 Å². The van der Waals surface area contributed by atoms with Gasteiger partial charge in [0.1, 0.15) is 0 Å². The monoisotopic (exact) mass is 424 g/mol. The molecule has 29 heavy (non-hydrogen) atoms. The van der Waals surface area contributed by atoms with E-state index in [-0.39, 0.29) is 22.7 Å². The van der Waals surface area contributed by atoms with Crippen molar-refractivity contribution < 1.29 is 27.5 Å². The number of esters is 1. The molecular formula is C20H28N2O6S. The zero-order chi connectivity index (χ0) is 21.0. The SMILES string of the molecule is CCOC(=O)C1CCN(C(=O)c2ccc(C)c(S(=O)(=O)N3CCOCC3)c2)CC1. The molecule has 0 N–H and O–H groups in total. The Labute approximate surface area is 171 Å². The van der Waals surface area contributed by atoms with Crippen molar-refractivity contribution in [2.75, 3.05) is 46.0 Å². The van der Waals surface area contributed by atoms with Crippen molar-refractivity contribution in [2.24, 2.45) is 5.92 Å². The highest BCUT2D eigenvalue weighted by atomic mass is 32.2. The van der Waals surface area contributed by atoms with Gasteiger partial charge in [0.2, 0.25) is 10.0 Å². The molecule has 2 saturated heterocycles. The number of morpholine rings is 1. The smallest absolute Gasteiger partial charge is 0.309 e. The first-order valence-electron chi connectivity index (χ1n) is 9.99. The van der Waals surface area contributed by atoms with Crippen molar-refractivity contribution >= 4 is 21.9 Å². The van der Waals surface area contributed by atoms with Gasteiger partial charge in [-0.1, -0.05) is 6.07 Å². The number of likely N-dealkylation sites (tertiary alicyclic amines) is 1. The number of sulfonamides is 1. The second-order valence-corrected chi connectivity index (χ2v) is 9.22. The Hall–Kier alpha value is -1.97. The van der Waals surface area contributed by atoms with E-state index in [0.29, 0.717) is 70.0 Å². The number of piperidine rings is 1. The molecule has 0 saturated carbocycles.